The minimum absolute atomic E-state index is 0.105. The normalized spacial score (nSPS) is 17.7. The van der Waals surface area contributed by atoms with Gasteiger partial charge in [-0.25, -0.2) is 0 Å². The van der Waals surface area contributed by atoms with Gasteiger partial charge in [-0.15, -0.1) is 0 Å². The topological polar surface area (TPSA) is 39.2 Å². The zero-order valence-electron chi connectivity index (χ0n) is 8.90. The molecule has 0 aliphatic carbocycles. The van der Waals surface area contributed by atoms with Crippen molar-refractivity contribution < 1.29 is 9.53 Å². The average molecular weight is 205 g/mol. The number of hydrogen-bond acceptors (Lipinski definition) is 3. The second kappa shape index (κ2) is 4.53. The van der Waals surface area contributed by atoms with Crippen molar-refractivity contribution in [3.05, 3.63) is 29.6 Å². The van der Waals surface area contributed by atoms with E-state index in [-0.39, 0.29) is 11.7 Å². The first-order valence-corrected chi connectivity index (χ1v) is 5.33. The van der Waals surface area contributed by atoms with Gasteiger partial charge in [0, 0.05) is 24.8 Å². The number of carbonyl (C=O) groups excluding carboxylic acids is 1. The molecule has 80 valence electrons. The van der Waals surface area contributed by atoms with Crippen LogP contribution in [0.25, 0.3) is 0 Å². The van der Waals surface area contributed by atoms with Crippen molar-refractivity contribution in [1.29, 1.82) is 0 Å². The van der Waals surface area contributed by atoms with Crippen molar-refractivity contribution >= 4 is 5.78 Å². The lowest BCUT2D eigenvalue weighted by atomic mass is 9.93. The molecule has 0 amide bonds. The highest BCUT2D eigenvalue weighted by molar-refractivity contribution is 5.96. The van der Waals surface area contributed by atoms with Crippen LogP contribution < -0.4 is 0 Å². The van der Waals surface area contributed by atoms with Crippen LogP contribution >= 0.6 is 0 Å². The maximum Gasteiger partial charge on any atom is 0.184 e. The summed E-state index contributed by atoms with van der Waals surface area (Å²) in [5.74, 6) is 0.273. The van der Waals surface area contributed by atoms with Crippen LogP contribution in [-0.2, 0) is 4.74 Å². The fourth-order valence-electron chi connectivity index (χ4n) is 1.85. The second-order valence-electron chi connectivity index (χ2n) is 3.92. The summed E-state index contributed by atoms with van der Waals surface area (Å²) >= 11 is 0. The van der Waals surface area contributed by atoms with Gasteiger partial charge >= 0.3 is 0 Å². The summed E-state index contributed by atoms with van der Waals surface area (Å²) in [6.45, 7) is 3.30. The molecule has 1 aromatic rings. The van der Waals surface area contributed by atoms with E-state index in [1.807, 2.05) is 19.1 Å². The van der Waals surface area contributed by atoms with E-state index < -0.39 is 0 Å². The Bertz CT molecular complexity index is 356. The van der Waals surface area contributed by atoms with Crippen molar-refractivity contribution in [3.8, 4) is 0 Å². The van der Waals surface area contributed by atoms with E-state index in [0.717, 1.165) is 18.5 Å². The summed E-state index contributed by atoms with van der Waals surface area (Å²) in [6.07, 6.45) is 1.66. The molecule has 3 heteroatoms. The van der Waals surface area contributed by atoms with Crippen LogP contribution in [0.15, 0.2) is 18.2 Å². The lowest BCUT2D eigenvalue weighted by Crippen LogP contribution is -2.24. The van der Waals surface area contributed by atoms with Crippen molar-refractivity contribution in [3.63, 3.8) is 0 Å². The third kappa shape index (κ3) is 2.42. The van der Waals surface area contributed by atoms with E-state index in [0.29, 0.717) is 18.9 Å². The molecule has 15 heavy (non-hydrogen) atoms. The minimum atomic E-state index is 0.105. The SMILES string of the molecule is Cc1cccc(C(=O)C2CCOCC2)n1. The first kappa shape index (κ1) is 10.3. The molecule has 2 rings (SSSR count). The van der Waals surface area contributed by atoms with Gasteiger partial charge in [0.1, 0.15) is 5.69 Å². The number of nitrogens with zero attached hydrogens (tertiary/aromatic N) is 1. The maximum atomic E-state index is 12.0. The van der Waals surface area contributed by atoms with Crippen molar-refractivity contribution in [2.24, 2.45) is 5.92 Å². The van der Waals surface area contributed by atoms with Crippen LogP contribution in [0.3, 0.4) is 0 Å². The van der Waals surface area contributed by atoms with Gasteiger partial charge in [-0.2, -0.15) is 0 Å². The number of Topliss-reactive ketones (excluding diaryl/α,β-unsaturated/α-hetero) is 1. The number of hydrogen-bond donors (Lipinski definition) is 0. The summed E-state index contributed by atoms with van der Waals surface area (Å²) in [6, 6.07) is 5.58. The monoisotopic (exact) mass is 205 g/mol. The number of aromatic nitrogens is 1. The standard InChI is InChI=1S/C12H15NO2/c1-9-3-2-4-11(13-9)12(14)10-5-7-15-8-6-10/h2-4,10H,5-8H2,1H3. The molecular formula is C12H15NO2. The Balaban J connectivity index is 2.12. The molecule has 1 saturated heterocycles. The minimum Gasteiger partial charge on any atom is -0.381 e. The largest absolute Gasteiger partial charge is 0.381 e. The molecule has 2 heterocycles. The lowest BCUT2D eigenvalue weighted by Gasteiger charge is -2.20. The zero-order valence-corrected chi connectivity index (χ0v) is 8.90. The molecule has 0 aromatic carbocycles. The predicted octanol–water partition coefficient (Wildman–Crippen LogP) is 2.00. The van der Waals surface area contributed by atoms with Crippen LogP contribution in [0.4, 0.5) is 0 Å². The van der Waals surface area contributed by atoms with Crippen LogP contribution in [0.5, 0.6) is 0 Å². The first-order valence-electron chi connectivity index (χ1n) is 5.33. The Morgan fingerprint density at radius 1 is 1.40 bits per heavy atom. The molecular weight excluding hydrogens is 190 g/mol. The highest BCUT2D eigenvalue weighted by Gasteiger charge is 2.23. The van der Waals surface area contributed by atoms with Crippen LogP contribution in [0.2, 0.25) is 0 Å². The molecule has 0 atom stereocenters. The summed E-state index contributed by atoms with van der Waals surface area (Å²) < 4.78 is 5.24. The number of aryl methyl sites for hydroxylation is 1. The number of ketones is 1. The van der Waals surface area contributed by atoms with E-state index in [2.05, 4.69) is 4.98 Å². The maximum absolute atomic E-state index is 12.0. The number of pyridine rings is 1. The van der Waals surface area contributed by atoms with Gasteiger partial charge in [-0.1, -0.05) is 6.07 Å². The van der Waals surface area contributed by atoms with Crippen LogP contribution in [-0.4, -0.2) is 24.0 Å². The van der Waals surface area contributed by atoms with Crippen LogP contribution in [0.1, 0.15) is 29.0 Å². The van der Waals surface area contributed by atoms with Crippen molar-refractivity contribution in [2.75, 3.05) is 13.2 Å². The fraction of sp³-hybridized carbons (Fsp3) is 0.500. The number of ether oxygens (including phenoxy) is 1. The van der Waals surface area contributed by atoms with Gasteiger partial charge in [-0.3, -0.25) is 9.78 Å². The smallest absolute Gasteiger partial charge is 0.184 e. The predicted molar refractivity (Wildman–Crippen MR) is 56.8 cm³/mol. The summed E-state index contributed by atoms with van der Waals surface area (Å²) in [4.78, 5) is 16.3. The molecule has 0 spiro atoms. The van der Waals surface area contributed by atoms with Crippen molar-refractivity contribution in [2.45, 2.75) is 19.8 Å². The van der Waals surface area contributed by atoms with Gasteiger partial charge in [0.15, 0.2) is 5.78 Å². The summed E-state index contributed by atoms with van der Waals surface area (Å²) in [5.41, 5.74) is 1.50. The molecule has 0 bridgehead atoms. The Kier molecular flexibility index (Phi) is 3.11. The number of rotatable bonds is 2. The van der Waals surface area contributed by atoms with E-state index in [1.54, 1.807) is 6.07 Å². The molecule has 1 fully saturated rings. The molecule has 0 N–H and O–H groups in total. The lowest BCUT2D eigenvalue weighted by molar-refractivity contribution is 0.0541. The molecule has 0 radical (unpaired) electrons. The van der Waals surface area contributed by atoms with Gasteiger partial charge in [0.05, 0.1) is 0 Å². The van der Waals surface area contributed by atoms with Gasteiger partial charge < -0.3 is 4.74 Å². The summed E-state index contributed by atoms with van der Waals surface area (Å²) in [5, 5.41) is 0. The van der Waals surface area contributed by atoms with Gasteiger partial charge in [0.2, 0.25) is 0 Å². The number of carbonyl (C=O) groups is 1. The average Bonchev–Trinajstić information content (AvgIpc) is 2.29. The molecule has 1 aliphatic heterocycles. The quantitative estimate of drug-likeness (QED) is 0.693. The molecule has 3 nitrogen and oxygen atoms in total. The molecule has 1 aliphatic rings. The first-order chi connectivity index (χ1) is 7.27. The Labute approximate surface area is 89.5 Å². The highest BCUT2D eigenvalue weighted by atomic mass is 16.5. The third-order valence-electron chi connectivity index (χ3n) is 2.73. The third-order valence-corrected chi connectivity index (χ3v) is 2.73. The van der Waals surface area contributed by atoms with E-state index in [4.69, 9.17) is 4.74 Å². The highest BCUT2D eigenvalue weighted by Crippen LogP contribution is 2.19. The van der Waals surface area contributed by atoms with Crippen LogP contribution in [0, 0.1) is 12.8 Å². The second-order valence-corrected chi connectivity index (χ2v) is 3.92. The molecule has 0 unspecified atom stereocenters. The van der Waals surface area contributed by atoms with Gasteiger partial charge in [0.25, 0.3) is 0 Å². The molecule has 1 aromatic heterocycles. The van der Waals surface area contributed by atoms with E-state index in [9.17, 15) is 4.79 Å². The zero-order chi connectivity index (χ0) is 10.7. The Hall–Kier alpha value is -1.22. The Morgan fingerprint density at radius 2 is 2.13 bits per heavy atom. The fourth-order valence-corrected chi connectivity index (χ4v) is 1.85. The summed E-state index contributed by atoms with van der Waals surface area (Å²) in [7, 11) is 0. The van der Waals surface area contributed by atoms with Crippen molar-refractivity contribution in [1.82, 2.24) is 4.98 Å². The molecule has 0 saturated carbocycles. The van der Waals surface area contributed by atoms with E-state index in [1.165, 1.54) is 0 Å². The van der Waals surface area contributed by atoms with Gasteiger partial charge in [-0.05, 0) is 31.9 Å². The Morgan fingerprint density at radius 3 is 2.80 bits per heavy atom. The van der Waals surface area contributed by atoms with E-state index >= 15 is 0 Å².